The highest BCUT2D eigenvalue weighted by Gasteiger charge is 2.21. The van der Waals surface area contributed by atoms with Gasteiger partial charge in [0.1, 0.15) is 5.82 Å². The van der Waals surface area contributed by atoms with Crippen LogP contribution in [-0.2, 0) is 13.0 Å². The largest absolute Gasteiger partial charge is 0.478 e. The minimum Gasteiger partial charge on any atom is -0.478 e. The van der Waals surface area contributed by atoms with Crippen molar-refractivity contribution in [2.24, 2.45) is 5.92 Å². The van der Waals surface area contributed by atoms with E-state index in [9.17, 15) is 4.79 Å². The van der Waals surface area contributed by atoms with Gasteiger partial charge in [0.2, 0.25) is 0 Å². The van der Waals surface area contributed by atoms with E-state index in [1.165, 1.54) is 19.3 Å². The van der Waals surface area contributed by atoms with Crippen LogP contribution in [0.1, 0.15) is 42.4 Å². The minimum atomic E-state index is -0.878. The van der Waals surface area contributed by atoms with Crippen LogP contribution in [-0.4, -0.2) is 20.6 Å². The molecule has 2 aromatic rings. The van der Waals surface area contributed by atoms with Crippen molar-refractivity contribution in [3.63, 3.8) is 0 Å². The lowest BCUT2D eigenvalue weighted by molar-refractivity contribution is 0.0697. The molecule has 1 aliphatic rings. The maximum Gasteiger partial charge on any atom is 0.335 e. The molecule has 0 spiro atoms. The Hall–Kier alpha value is -1.84. The third kappa shape index (κ3) is 2.11. The monoisotopic (exact) mass is 258 g/mol. The summed E-state index contributed by atoms with van der Waals surface area (Å²) < 4.78 is 2.21. The summed E-state index contributed by atoms with van der Waals surface area (Å²) in [7, 11) is 0. The van der Waals surface area contributed by atoms with Gasteiger partial charge < -0.3 is 9.67 Å². The van der Waals surface area contributed by atoms with Gasteiger partial charge in [0.25, 0.3) is 0 Å². The van der Waals surface area contributed by atoms with Crippen molar-refractivity contribution in [3.05, 3.63) is 29.6 Å². The summed E-state index contributed by atoms with van der Waals surface area (Å²) >= 11 is 0. The lowest BCUT2D eigenvalue weighted by Crippen LogP contribution is -2.19. The lowest BCUT2D eigenvalue weighted by atomic mass is 9.85. The van der Waals surface area contributed by atoms with Gasteiger partial charge in [-0.3, -0.25) is 0 Å². The van der Waals surface area contributed by atoms with Gasteiger partial charge in [0.05, 0.1) is 16.6 Å². The summed E-state index contributed by atoms with van der Waals surface area (Å²) in [5, 5.41) is 9.11. The van der Waals surface area contributed by atoms with Gasteiger partial charge >= 0.3 is 5.97 Å². The number of imidazole rings is 1. The predicted octanol–water partition coefficient (Wildman–Crippen LogP) is 3.10. The van der Waals surface area contributed by atoms with Crippen molar-refractivity contribution >= 4 is 17.0 Å². The van der Waals surface area contributed by atoms with Crippen LogP contribution >= 0.6 is 0 Å². The highest BCUT2D eigenvalue weighted by molar-refractivity contribution is 5.92. The maximum absolute atomic E-state index is 11.1. The summed E-state index contributed by atoms with van der Waals surface area (Å²) in [6.07, 6.45) is 4.76. The molecule has 0 radical (unpaired) electrons. The molecule has 1 fully saturated rings. The molecule has 0 saturated heterocycles. The minimum absolute atomic E-state index is 0.338. The molecular formula is C15H18N2O2. The van der Waals surface area contributed by atoms with Crippen molar-refractivity contribution in [1.29, 1.82) is 0 Å². The van der Waals surface area contributed by atoms with E-state index in [4.69, 9.17) is 5.11 Å². The molecule has 1 N–H and O–H groups in total. The zero-order valence-corrected chi connectivity index (χ0v) is 11.1. The molecule has 100 valence electrons. The van der Waals surface area contributed by atoms with E-state index in [1.54, 1.807) is 12.1 Å². The number of fused-ring (bicyclic) bond motifs is 1. The van der Waals surface area contributed by atoms with Crippen LogP contribution < -0.4 is 0 Å². The number of nitrogens with zero attached hydrogens (tertiary/aromatic N) is 2. The van der Waals surface area contributed by atoms with E-state index in [2.05, 4.69) is 16.5 Å². The summed E-state index contributed by atoms with van der Waals surface area (Å²) in [4.78, 5) is 15.7. The third-order valence-corrected chi connectivity index (χ3v) is 4.06. The van der Waals surface area contributed by atoms with Crippen LogP contribution in [0.2, 0.25) is 0 Å². The first-order chi connectivity index (χ1) is 9.19. The molecule has 0 atom stereocenters. The standard InChI is InChI=1S/C15H18N2O2/c1-2-14-16-12-7-6-11(15(18)19)8-13(12)17(14)9-10-4-3-5-10/h6-8,10H,2-5,9H2,1H3,(H,18,19). The van der Waals surface area contributed by atoms with Crippen LogP contribution in [0.25, 0.3) is 11.0 Å². The molecule has 4 nitrogen and oxygen atoms in total. The highest BCUT2D eigenvalue weighted by atomic mass is 16.4. The zero-order chi connectivity index (χ0) is 13.4. The van der Waals surface area contributed by atoms with Gasteiger partial charge in [-0.15, -0.1) is 0 Å². The van der Waals surface area contributed by atoms with Gasteiger partial charge in [-0.2, -0.15) is 0 Å². The van der Waals surface area contributed by atoms with Crippen molar-refractivity contribution in [2.75, 3.05) is 0 Å². The van der Waals surface area contributed by atoms with Crippen LogP contribution in [0.15, 0.2) is 18.2 Å². The molecule has 0 amide bonds. The summed E-state index contributed by atoms with van der Waals surface area (Å²) in [6.45, 7) is 3.07. The molecular weight excluding hydrogens is 240 g/mol. The van der Waals surface area contributed by atoms with Crippen LogP contribution in [0, 0.1) is 5.92 Å². The van der Waals surface area contributed by atoms with Gasteiger partial charge in [0, 0.05) is 13.0 Å². The number of carboxylic acid groups (broad SMARTS) is 1. The second-order valence-corrected chi connectivity index (χ2v) is 5.30. The molecule has 19 heavy (non-hydrogen) atoms. The Kier molecular flexibility index (Phi) is 3.01. The molecule has 0 bridgehead atoms. The van der Waals surface area contributed by atoms with E-state index in [0.717, 1.165) is 35.7 Å². The number of hydrogen-bond acceptors (Lipinski definition) is 2. The first-order valence-corrected chi connectivity index (χ1v) is 6.91. The van der Waals surface area contributed by atoms with E-state index >= 15 is 0 Å². The molecule has 3 rings (SSSR count). The molecule has 4 heteroatoms. The van der Waals surface area contributed by atoms with Gasteiger partial charge in [-0.1, -0.05) is 13.3 Å². The van der Waals surface area contributed by atoms with Crippen LogP contribution in [0.3, 0.4) is 0 Å². The van der Waals surface area contributed by atoms with Crippen molar-refractivity contribution in [2.45, 2.75) is 39.2 Å². The number of hydrogen-bond donors (Lipinski definition) is 1. The molecule has 0 aliphatic heterocycles. The van der Waals surface area contributed by atoms with Crippen molar-refractivity contribution in [3.8, 4) is 0 Å². The fourth-order valence-corrected chi connectivity index (χ4v) is 2.71. The quantitative estimate of drug-likeness (QED) is 0.916. The van der Waals surface area contributed by atoms with Crippen molar-refractivity contribution in [1.82, 2.24) is 9.55 Å². The topological polar surface area (TPSA) is 55.1 Å². The fourth-order valence-electron chi connectivity index (χ4n) is 2.71. The summed E-state index contributed by atoms with van der Waals surface area (Å²) in [6, 6.07) is 5.20. The average molecular weight is 258 g/mol. The molecule has 0 unspecified atom stereocenters. The van der Waals surface area contributed by atoms with E-state index in [-0.39, 0.29) is 0 Å². The smallest absolute Gasteiger partial charge is 0.335 e. The second-order valence-electron chi connectivity index (χ2n) is 5.30. The van der Waals surface area contributed by atoms with Crippen LogP contribution in [0.4, 0.5) is 0 Å². The number of aromatic carboxylic acids is 1. The first-order valence-electron chi connectivity index (χ1n) is 6.91. The number of carboxylic acids is 1. The van der Waals surface area contributed by atoms with Crippen LogP contribution in [0.5, 0.6) is 0 Å². The number of carbonyl (C=O) groups is 1. The summed E-state index contributed by atoms with van der Waals surface area (Å²) in [5.74, 6) is 0.914. The Morgan fingerprint density at radius 3 is 2.84 bits per heavy atom. The predicted molar refractivity (Wildman–Crippen MR) is 73.4 cm³/mol. The number of benzene rings is 1. The normalized spacial score (nSPS) is 15.6. The lowest BCUT2D eigenvalue weighted by Gasteiger charge is -2.26. The third-order valence-electron chi connectivity index (χ3n) is 4.06. The first kappa shape index (κ1) is 12.2. The van der Waals surface area contributed by atoms with Gasteiger partial charge in [-0.25, -0.2) is 9.78 Å². The van der Waals surface area contributed by atoms with E-state index < -0.39 is 5.97 Å². The fraction of sp³-hybridized carbons (Fsp3) is 0.467. The Balaban J connectivity index is 2.08. The highest BCUT2D eigenvalue weighted by Crippen LogP contribution is 2.30. The molecule has 1 aromatic carbocycles. The van der Waals surface area contributed by atoms with E-state index in [0.29, 0.717) is 5.56 Å². The SMILES string of the molecule is CCc1nc2ccc(C(=O)O)cc2n1CC1CCC1. The Bertz CT molecular complexity index is 626. The van der Waals surface area contributed by atoms with E-state index in [1.807, 2.05) is 6.07 Å². The number of aromatic nitrogens is 2. The zero-order valence-electron chi connectivity index (χ0n) is 11.1. The summed E-state index contributed by atoms with van der Waals surface area (Å²) in [5.41, 5.74) is 2.20. The number of rotatable bonds is 4. The van der Waals surface area contributed by atoms with Gasteiger partial charge in [-0.05, 0) is 37.0 Å². The molecule has 1 aromatic heterocycles. The maximum atomic E-state index is 11.1. The Morgan fingerprint density at radius 1 is 1.47 bits per heavy atom. The molecule has 1 saturated carbocycles. The Labute approximate surface area is 112 Å². The number of aryl methyl sites for hydroxylation is 1. The van der Waals surface area contributed by atoms with Gasteiger partial charge in [0.15, 0.2) is 0 Å². The average Bonchev–Trinajstić information content (AvgIpc) is 2.70. The van der Waals surface area contributed by atoms with Crippen molar-refractivity contribution < 1.29 is 9.90 Å². The second kappa shape index (κ2) is 4.68. The molecule has 1 aliphatic carbocycles. The molecule has 1 heterocycles. The Morgan fingerprint density at radius 2 is 2.26 bits per heavy atom.